The SMILES string of the molecule is CC(=O)OC1=CC=C2C3Cc4c(Br)cc(CO)c5c4[C@]2(CCN3C)[C@@H]1O5. The van der Waals surface area contributed by atoms with Crippen LogP contribution in [0.25, 0.3) is 0 Å². The van der Waals surface area contributed by atoms with Crippen molar-refractivity contribution in [1.29, 1.82) is 0 Å². The molecule has 5 nitrogen and oxygen atoms in total. The number of allylic oxidation sites excluding steroid dienone is 2. The number of halogens is 1. The van der Waals surface area contributed by atoms with Gasteiger partial charge in [0.25, 0.3) is 0 Å². The summed E-state index contributed by atoms with van der Waals surface area (Å²) in [6.45, 7) is 2.29. The number of piperidine rings is 1. The second-order valence-electron chi connectivity index (χ2n) is 7.56. The topological polar surface area (TPSA) is 59.0 Å². The van der Waals surface area contributed by atoms with Crippen LogP contribution in [0.1, 0.15) is 30.0 Å². The van der Waals surface area contributed by atoms with E-state index in [0.717, 1.165) is 35.2 Å². The van der Waals surface area contributed by atoms with Gasteiger partial charge in [0, 0.05) is 28.6 Å². The van der Waals surface area contributed by atoms with Gasteiger partial charge in [-0.25, -0.2) is 0 Å². The van der Waals surface area contributed by atoms with E-state index in [4.69, 9.17) is 9.47 Å². The maximum atomic E-state index is 11.6. The van der Waals surface area contributed by atoms with Crippen LogP contribution < -0.4 is 4.74 Å². The summed E-state index contributed by atoms with van der Waals surface area (Å²) in [5, 5.41) is 9.89. The molecule has 0 saturated carbocycles. The molecule has 3 atom stereocenters. The predicted octanol–water partition coefficient (Wildman–Crippen LogP) is 2.59. The fraction of sp³-hybridized carbons (Fsp3) is 0.450. The monoisotopic (exact) mass is 417 g/mol. The first-order chi connectivity index (χ1) is 12.5. The Morgan fingerprint density at radius 2 is 2.31 bits per heavy atom. The van der Waals surface area contributed by atoms with Crippen molar-refractivity contribution in [3.63, 3.8) is 0 Å². The molecule has 1 aromatic carbocycles. The second kappa shape index (κ2) is 5.44. The van der Waals surface area contributed by atoms with Crippen LogP contribution in [0, 0.1) is 0 Å². The van der Waals surface area contributed by atoms with E-state index in [1.54, 1.807) is 0 Å². The average molecular weight is 418 g/mol. The Balaban J connectivity index is 1.81. The zero-order valence-electron chi connectivity index (χ0n) is 14.7. The van der Waals surface area contributed by atoms with Gasteiger partial charge >= 0.3 is 5.97 Å². The summed E-state index contributed by atoms with van der Waals surface area (Å²) in [4.78, 5) is 14.0. The van der Waals surface area contributed by atoms with Gasteiger partial charge in [0.05, 0.1) is 12.0 Å². The summed E-state index contributed by atoms with van der Waals surface area (Å²) in [6.07, 6.45) is 5.46. The Kier molecular flexibility index (Phi) is 3.46. The van der Waals surface area contributed by atoms with Crippen LogP contribution in [0.2, 0.25) is 0 Å². The molecular formula is C20H20BrNO4. The van der Waals surface area contributed by atoms with Gasteiger partial charge in [-0.15, -0.1) is 0 Å². The fourth-order valence-electron chi connectivity index (χ4n) is 5.27. The summed E-state index contributed by atoms with van der Waals surface area (Å²) >= 11 is 3.72. The number of aliphatic hydroxyl groups is 1. The molecule has 136 valence electrons. The lowest BCUT2D eigenvalue weighted by Crippen LogP contribution is -2.58. The molecule has 1 spiro atoms. The first kappa shape index (κ1) is 16.5. The smallest absolute Gasteiger partial charge is 0.307 e. The number of esters is 1. The summed E-state index contributed by atoms with van der Waals surface area (Å²) in [7, 11) is 2.16. The highest BCUT2D eigenvalue weighted by molar-refractivity contribution is 9.10. The predicted molar refractivity (Wildman–Crippen MR) is 98.8 cm³/mol. The number of nitrogens with zero attached hydrogens (tertiary/aromatic N) is 1. The molecule has 5 rings (SSSR count). The number of carbonyl (C=O) groups excluding carboxylic acids is 1. The third-order valence-corrected chi connectivity index (χ3v) is 7.03. The molecule has 0 radical (unpaired) electrons. The summed E-state index contributed by atoms with van der Waals surface area (Å²) in [6, 6.07) is 2.27. The van der Waals surface area contributed by atoms with Crippen LogP contribution in [0.5, 0.6) is 5.75 Å². The molecule has 1 N–H and O–H groups in total. The second-order valence-corrected chi connectivity index (χ2v) is 8.42. The van der Waals surface area contributed by atoms with E-state index in [1.807, 2.05) is 12.1 Å². The molecule has 2 bridgehead atoms. The third-order valence-electron chi connectivity index (χ3n) is 6.32. The van der Waals surface area contributed by atoms with Gasteiger partial charge in [-0.3, -0.25) is 9.69 Å². The van der Waals surface area contributed by atoms with Crippen LogP contribution in [0.15, 0.2) is 34.0 Å². The standard InChI is InChI=1S/C20H20BrNO4/c1-10(24)25-16-4-3-13-15-8-12-14(21)7-11(9-23)18-17(12)20(13,19(16)26-18)5-6-22(15)2/h3-4,7,15,19,23H,5-6,8-9H2,1-2H3/t15?,19-,20-/m1/s1. The van der Waals surface area contributed by atoms with Gasteiger partial charge in [0.15, 0.2) is 6.10 Å². The quantitative estimate of drug-likeness (QED) is 0.749. The van der Waals surface area contributed by atoms with E-state index < -0.39 is 0 Å². The van der Waals surface area contributed by atoms with E-state index in [2.05, 4.69) is 34.0 Å². The molecule has 0 aromatic heterocycles. The Bertz CT molecular complexity index is 906. The number of hydrogen-bond donors (Lipinski definition) is 1. The number of likely N-dealkylation sites (N-methyl/N-ethyl adjacent to an activating group) is 1. The van der Waals surface area contributed by atoms with Gasteiger partial charge in [0.1, 0.15) is 11.5 Å². The average Bonchev–Trinajstić information content (AvgIpc) is 2.95. The molecule has 4 aliphatic rings. The van der Waals surface area contributed by atoms with Crippen LogP contribution in [0.3, 0.4) is 0 Å². The van der Waals surface area contributed by atoms with E-state index in [-0.39, 0.29) is 24.1 Å². The van der Waals surface area contributed by atoms with Crippen molar-refractivity contribution in [2.24, 2.45) is 0 Å². The number of aliphatic hydroxyl groups excluding tert-OH is 1. The number of benzene rings is 1. The minimum absolute atomic E-state index is 0.0843. The molecule has 1 unspecified atom stereocenters. The number of ether oxygens (including phenoxy) is 2. The largest absolute Gasteiger partial charge is 0.480 e. The number of rotatable bonds is 2. The van der Waals surface area contributed by atoms with Gasteiger partial charge in [-0.05, 0) is 49.7 Å². The zero-order chi connectivity index (χ0) is 18.2. The highest BCUT2D eigenvalue weighted by Crippen LogP contribution is 2.62. The van der Waals surface area contributed by atoms with Gasteiger partial charge < -0.3 is 14.6 Å². The van der Waals surface area contributed by atoms with Crippen LogP contribution in [-0.2, 0) is 28.0 Å². The summed E-state index contributed by atoms with van der Waals surface area (Å²) < 4.78 is 13.0. The minimum Gasteiger partial charge on any atom is -0.480 e. The first-order valence-electron chi connectivity index (χ1n) is 8.90. The first-order valence-corrected chi connectivity index (χ1v) is 9.70. The Labute approximate surface area is 160 Å². The molecule has 2 heterocycles. The maximum absolute atomic E-state index is 11.6. The van der Waals surface area contributed by atoms with Crippen LogP contribution >= 0.6 is 15.9 Å². The molecule has 1 fully saturated rings. The Morgan fingerprint density at radius 1 is 1.50 bits per heavy atom. The highest BCUT2D eigenvalue weighted by atomic mass is 79.9. The molecule has 2 aliphatic carbocycles. The van der Waals surface area contributed by atoms with Crippen molar-refractivity contribution < 1.29 is 19.4 Å². The van der Waals surface area contributed by atoms with E-state index in [9.17, 15) is 9.90 Å². The molecule has 1 saturated heterocycles. The number of likely N-dealkylation sites (tertiary alicyclic amines) is 1. The molecule has 26 heavy (non-hydrogen) atoms. The molecule has 0 amide bonds. The van der Waals surface area contributed by atoms with Crippen molar-refractivity contribution in [2.75, 3.05) is 13.6 Å². The number of carbonyl (C=O) groups is 1. The summed E-state index contributed by atoms with van der Waals surface area (Å²) in [5.41, 5.74) is 4.22. The number of hydrogen-bond acceptors (Lipinski definition) is 5. The lowest BCUT2D eigenvalue weighted by molar-refractivity contribution is -0.138. The van der Waals surface area contributed by atoms with Crippen molar-refractivity contribution in [1.82, 2.24) is 4.90 Å². The van der Waals surface area contributed by atoms with Crippen LogP contribution in [0.4, 0.5) is 0 Å². The Morgan fingerprint density at radius 3 is 3.04 bits per heavy atom. The molecule has 1 aromatic rings. The highest BCUT2D eigenvalue weighted by Gasteiger charge is 2.62. The van der Waals surface area contributed by atoms with Crippen molar-refractivity contribution in [3.05, 3.63) is 50.7 Å². The Hall–Kier alpha value is -1.63. The van der Waals surface area contributed by atoms with Gasteiger partial charge in [0.2, 0.25) is 0 Å². The summed E-state index contributed by atoms with van der Waals surface area (Å²) in [5.74, 6) is 0.992. The fourth-order valence-corrected chi connectivity index (χ4v) is 5.90. The van der Waals surface area contributed by atoms with Gasteiger partial charge in [-0.1, -0.05) is 22.0 Å². The van der Waals surface area contributed by atoms with E-state index >= 15 is 0 Å². The van der Waals surface area contributed by atoms with Crippen molar-refractivity contribution in [3.8, 4) is 5.75 Å². The van der Waals surface area contributed by atoms with E-state index in [0.29, 0.717) is 11.8 Å². The maximum Gasteiger partial charge on any atom is 0.307 e. The lowest BCUT2D eigenvalue weighted by atomic mass is 9.57. The van der Waals surface area contributed by atoms with E-state index in [1.165, 1.54) is 23.6 Å². The van der Waals surface area contributed by atoms with Gasteiger partial charge in [-0.2, -0.15) is 0 Å². The van der Waals surface area contributed by atoms with Crippen molar-refractivity contribution >= 4 is 21.9 Å². The minimum atomic E-state index is -0.351. The molecule has 2 aliphatic heterocycles. The lowest BCUT2D eigenvalue weighted by Gasteiger charge is -2.52. The van der Waals surface area contributed by atoms with Crippen molar-refractivity contribution in [2.45, 2.75) is 43.9 Å². The molecule has 6 heteroatoms. The third kappa shape index (κ3) is 1.90. The normalized spacial score (nSPS) is 30.9. The van der Waals surface area contributed by atoms with Crippen LogP contribution in [-0.4, -0.2) is 41.7 Å². The zero-order valence-corrected chi connectivity index (χ0v) is 16.3. The molecular weight excluding hydrogens is 398 g/mol.